The maximum atomic E-state index is 12.9. The number of aryl methyl sites for hydroxylation is 1. The molecule has 6 nitrogen and oxygen atoms in total. The molecule has 3 aliphatic rings. The van der Waals surface area contributed by atoms with Gasteiger partial charge in [0, 0.05) is 37.8 Å². The second kappa shape index (κ2) is 12.2. The third kappa shape index (κ3) is 6.03. The Morgan fingerprint density at radius 1 is 1.03 bits per heavy atom. The van der Waals surface area contributed by atoms with Gasteiger partial charge in [0.2, 0.25) is 0 Å². The molecule has 3 aromatic rings. The second-order valence-corrected chi connectivity index (χ2v) is 11.5. The summed E-state index contributed by atoms with van der Waals surface area (Å²) in [4.78, 5) is 22.0. The third-order valence-electron chi connectivity index (χ3n) is 8.89. The molecule has 0 radical (unpaired) electrons. The van der Waals surface area contributed by atoms with Crippen molar-refractivity contribution >= 4 is 16.8 Å². The highest BCUT2D eigenvalue weighted by atomic mass is 16.5. The molecule has 0 saturated carbocycles. The molecule has 6 rings (SSSR count). The first kappa shape index (κ1) is 26.4. The number of piperidine rings is 1. The zero-order valence-electron chi connectivity index (χ0n) is 23.2. The van der Waals surface area contributed by atoms with Crippen LogP contribution < -0.4 is 0 Å². The van der Waals surface area contributed by atoms with E-state index in [1.807, 2.05) is 17.2 Å². The lowest BCUT2D eigenvalue weighted by Gasteiger charge is -2.37. The molecule has 0 N–H and O–H groups in total. The molecule has 0 unspecified atom stereocenters. The number of hydrogen-bond acceptors (Lipinski definition) is 5. The van der Waals surface area contributed by atoms with Crippen molar-refractivity contribution < 1.29 is 14.3 Å². The number of carbonyl (C=O) groups is 1. The number of rotatable bonds is 8. The minimum absolute atomic E-state index is 0.0426. The molecule has 0 bridgehead atoms. The average Bonchev–Trinajstić information content (AvgIpc) is 3.70. The highest BCUT2D eigenvalue weighted by Gasteiger charge is 2.34. The Labute approximate surface area is 232 Å². The van der Waals surface area contributed by atoms with Gasteiger partial charge in [-0.1, -0.05) is 30.3 Å². The van der Waals surface area contributed by atoms with E-state index in [2.05, 4.69) is 59.3 Å². The molecule has 6 heteroatoms. The summed E-state index contributed by atoms with van der Waals surface area (Å²) in [6, 6.07) is 17.5. The van der Waals surface area contributed by atoms with Gasteiger partial charge in [-0.2, -0.15) is 0 Å². The summed E-state index contributed by atoms with van der Waals surface area (Å²) in [5.74, 6) is 0.580. The van der Waals surface area contributed by atoms with E-state index < -0.39 is 0 Å². The van der Waals surface area contributed by atoms with E-state index in [4.69, 9.17) is 9.47 Å². The van der Waals surface area contributed by atoms with Crippen molar-refractivity contribution in [2.45, 2.75) is 57.7 Å². The smallest absolute Gasteiger partial charge is 0.251 e. The van der Waals surface area contributed by atoms with Crippen LogP contribution in [0.5, 0.6) is 0 Å². The number of benzene rings is 2. The van der Waals surface area contributed by atoms with Crippen LogP contribution in [0.3, 0.4) is 0 Å². The molecular weight excluding hydrogens is 486 g/mol. The van der Waals surface area contributed by atoms with Crippen LogP contribution in [0.25, 0.3) is 22.0 Å². The van der Waals surface area contributed by atoms with Crippen LogP contribution in [0.4, 0.5) is 0 Å². The Hall–Kier alpha value is -2.80. The number of aromatic nitrogens is 1. The Morgan fingerprint density at radius 3 is 2.56 bits per heavy atom. The largest absolute Gasteiger partial charge is 0.372 e. The van der Waals surface area contributed by atoms with Crippen molar-refractivity contribution in [3.63, 3.8) is 0 Å². The minimum Gasteiger partial charge on any atom is -0.372 e. The Morgan fingerprint density at radius 2 is 1.82 bits per heavy atom. The van der Waals surface area contributed by atoms with Gasteiger partial charge in [-0.15, -0.1) is 0 Å². The van der Waals surface area contributed by atoms with Crippen molar-refractivity contribution in [2.75, 3.05) is 45.9 Å². The standard InChI is InChI=1S/C33H41N3O3/c1-24-22-28-6-4-14-34-30(28)23-29(24)25-8-10-26(11-9-25)32(39-21-19-35-15-2-3-16-35)27-12-17-36(18-13-27)33(37)31-7-5-20-38-31/h4,6,8-11,14,22-23,27,31-32H,2-3,5,7,12-13,15-21H2,1H3/t31-,32+/m1/s1. The quantitative estimate of drug-likeness (QED) is 0.372. The topological polar surface area (TPSA) is 54.9 Å². The van der Waals surface area contributed by atoms with Gasteiger partial charge in [0.25, 0.3) is 5.91 Å². The van der Waals surface area contributed by atoms with Crippen molar-refractivity contribution in [3.8, 4) is 11.1 Å². The van der Waals surface area contributed by atoms with Gasteiger partial charge in [-0.25, -0.2) is 0 Å². The van der Waals surface area contributed by atoms with Crippen LogP contribution in [0, 0.1) is 12.8 Å². The number of carbonyl (C=O) groups excluding carboxylic acids is 1. The van der Waals surface area contributed by atoms with Gasteiger partial charge in [0.15, 0.2) is 0 Å². The summed E-state index contributed by atoms with van der Waals surface area (Å²) in [5.41, 5.74) is 5.94. The van der Waals surface area contributed by atoms with Gasteiger partial charge in [0.1, 0.15) is 6.10 Å². The number of ether oxygens (including phenoxy) is 2. The van der Waals surface area contributed by atoms with Crippen LogP contribution in [-0.2, 0) is 14.3 Å². The summed E-state index contributed by atoms with van der Waals surface area (Å²) >= 11 is 0. The van der Waals surface area contributed by atoms with Gasteiger partial charge < -0.3 is 19.3 Å². The third-order valence-corrected chi connectivity index (χ3v) is 8.89. The number of likely N-dealkylation sites (tertiary alicyclic amines) is 2. The zero-order chi connectivity index (χ0) is 26.6. The first-order chi connectivity index (χ1) is 19.2. The van der Waals surface area contributed by atoms with E-state index in [-0.39, 0.29) is 18.1 Å². The molecule has 1 aromatic heterocycles. The van der Waals surface area contributed by atoms with E-state index in [1.165, 1.54) is 53.6 Å². The molecular formula is C33H41N3O3. The number of amides is 1. The van der Waals surface area contributed by atoms with Crippen LogP contribution in [0.2, 0.25) is 0 Å². The molecule has 2 atom stereocenters. The molecule has 2 aromatic carbocycles. The summed E-state index contributed by atoms with van der Waals surface area (Å²) < 4.78 is 12.3. The lowest BCUT2D eigenvalue weighted by atomic mass is 9.86. The fourth-order valence-corrected chi connectivity index (χ4v) is 6.62. The fraction of sp³-hybridized carbons (Fsp3) is 0.515. The molecule has 3 fully saturated rings. The maximum Gasteiger partial charge on any atom is 0.251 e. The summed E-state index contributed by atoms with van der Waals surface area (Å²) in [7, 11) is 0. The normalized spacial score (nSPS) is 21.6. The molecule has 1 amide bonds. The van der Waals surface area contributed by atoms with Crippen LogP contribution in [-0.4, -0.2) is 72.7 Å². The first-order valence-electron chi connectivity index (χ1n) is 14.9. The Bertz CT molecular complexity index is 1260. The highest BCUT2D eigenvalue weighted by molar-refractivity contribution is 5.86. The van der Waals surface area contributed by atoms with Gasteiger partial charge in [0.05, 0.1) is 18.2 Å². The van der Waals surface area contributed by atoms with Crippen molar-refractivity contribution in [3.05, 3.63) is 65.9 Å². The van der Waals surface area contributed by atoms with E-state index in [9.17, 15) is 4.79 Å². The van der Waals surface area contributed by atoms with Crippen LogP contribution in [0.1, 0.15) is 55.8 Å². The van der Waals surface area contributed by atoms with Gasteiger partial charge in [-0.05, 0) is 105 Å². The number of nitrogens with zero attached hydrogens (tertiary/aromatic N) is 3. The van der Waals surface area contributed by atoms with Crippen molar-refractivity contribution in [2.24, 2.45) is 5.92 Å². The lowest BCUT2D eigenvalue weighted by molar-refractivity contribution is -0.143. The molecule has 39 heavy (non-hydrogen) atoms. The SMILES string of the molecule is Cc1cc2cccnc2cc1-c1ccc([C@H](OCCN2CCCC2)C2CCN(C(=O)[C@H]3CCCO3)CC2)cc1. The average molecular weight is 528 g/mol. The van der Waals surface area contributed by atoms with E-state index in [0.717, 1.165) is 57.4 Å². The van der Waals surface area contributed by atoms with Crippen molar-refractivity contribution in [1.82, 2.24) is 14.8 Å². The Kier molecular flexibility index (Phi) is 8.24. The molecule has 206 valence electrons. The molecule has 4 heterocycles. The van der Waals surface area contributed by atoms with Gasteiger partial charge in [-0.3, -0.25) is 9.78 Å². The summed E-state index contributed by atoms with van der Waals surface area (Å²) in [6.45, 7) is 8.58. The second-order valence-electron chi connectivity index (χ2n) is 11.5. The Balaban J connectivity index is 1.17. The maximum absolute atomic E-state index is 12.9. The predicted octanol–water partition coefficient (Wildman–Crippen LogP) is 5.78. The number of fused-ring (bicyclic) bond motifs is 1. The van der Waals surface area contributed by atoms with E-state index in [0.29, 0.717) is 12.5 Å². The summed E-state index contributed by atoms with van der Waals surface area (Å²) in [5, 5.41) is 1.17. The van der Waals surface area contributed by atoms with Crippen LogP contribution in [0.15, 0.2) is 54.7 Å². The van der Waals surface area contributed by atoms with E-state index >= 15 is 0 Å². The predicted molar refractivity (Wildman–Crippen MR) is 155 cm³/mol. The summed E-state index contributed by atoms with van der Waals surface area (Å²) in [6.07, 6.45) is 8.04. The number of pyridine rings is 1. The van der Waals surface area contributed by atoms with Crippen LogP contribution >= 0.6 is 0 Å². The molecule has 3 saturated heterocycles. The lowest BCUT2D eigenvalue weighted by Crippen LogP contribution is -2.44. The monoisotopic (exact) mass is 527 g/mol. The highest BCUT2D eigenvalue weighted by Crippen LogP contribution is 2.36. The first-order valence-corrected chi connectivity index (χ1v) is 14.9. The molecule has 3 aliphatic heterocycles. The zero-order valence-corrected chi connectivity index (χ0v) is 23.2. The molecule has 0 aliphatic carbocycles. The number of hydrogen-bond donors (Lipinski definition) is 0. The fourth-order valence-electron chi connectivity index (χ4n) is 6.62. The molecule has 0 spiro atoms. The minimum atomic E-state index is -0.227. The van der Waals surface area contributed by atoms with Gasteiger partial charge >= 0.3 is 0 Å². The van der Waals surface area contributed by atoms with Crippen molar-refractivity contribution in [1.29, 1.82) is 0 Å². The van der Waals surface area contributed by atoms with E-state index in [1.54, 1.807) is 0 Å².